The van der Waals surface area contributed by atoms with Crippen LogP contribution in [0, 0.1) is 11.8 Å². The molecule has 0 saturated carbocycles. The number of fused-ring (bicyclic) bond motifs is 1. The van der Waals surface area contributed by atoms with E-state index in [1.807, 2.05) is 34.0 Å². The highest BCUT2D eigenvalue weighted by atomic mass is 79.9. The number of thiophene rings is 3. The number of halogens is 2. The number of rotatable bonds is 46. The van der Waals surface area contributed by atoms with Gasteiger partial charge in [-0.3, -0.25) is 0 Å². The Hall–Kier alpha value is -0.120. The number of hydrogen-bond acceptors (Lipinski definition) is 6. The zero-order valence-corrected chi connectivity index (χ0v) is 50.7. The van der Waals surface area contributed by atoms with Crippen LogP contribution in [0.5, 0.6) is 0 Å². The first-order valence-electron chi connectivity index (χ1n) is 29.3. The molecule has 0 saturated heterocycles. The van der Waals surface area contributed by atoms with Gasteiger partial charge in [0.2, 0.25) is 0 Å². The van der Waals surface area contributed by atoms with Gasteiger partial charge >= 0.3 is 0 Å². The van der Waals surface area contributed by atoms with Gasteiger partial charge in [0.15, 0.2) is 0 Å². The van der Waals surface area contributed by atoms with E-state index in [0.717, 1.165) is 17.4 Å². The first-order valence-corrected chi connectivity index (χ1v) is 34.1. The van der Waals surface area contributed by atoms with Crippen LogP contribution in [0.4, 0.5) is 0 Å². The maximum absolute atomic E-state index is 4.80. The minimum absolute atomic E-state index is 0.772. The van der Waals surface area contributed by atoms with E-state index in [9.17, 15) is 0 Å². The molecule has 4 heterocycles. The van der Waals surface area contributed by atoms with Crippen molar-refractivity contribution in [1.82, 2.24) is 9.59 Å². The SMILES string of the molecule is CCCCCCCCCCCCC(CCCCCCCCCC)Cc1cc(-c2sc(-c3cc(CC(CCCCCCCCCC)CCCCCCCCCCCC)c(Br)s3)c3snnc23)sc1Br. The molecule has 2 atom stereocenters. The number of nitrogens with zero attached hydrogens (tertiary/aromatic N) is 2. The molecule has 0 bridgehead atoms. The summed E-state index contributed by atoms with van der Waals surface area (Å²) in [7, 11) is 0. The predicted molar refractivity (Wildman–Crippen MR) is 319 cm³/mol. The van der Waals surface area contributed by atoms with Gasteiger partial charge in [0.05, 0.1) is 22.0 Å². The van der Waals surface area contributed by atoms with E-state index in [2.05, 4.69) is 76.2 Å². The minimum atomic E-state index is 0.772. The molecule has 4 rings (SSSR count). The quantitative estimate of drug-likeness (QED) is 0.0412. The lowest BCUT2D eigenvalue weighted by Gasteiger charge is -2.17. The van der Waals surface area contributed by atoms with Gasteiger partial charge in [-0.15, -0.1) is 39.1 Å². The summed E-state index contributed by atoms with van der Waals surface area (Å²) in [5.74, 6) is 1.55. The summed E-state index contributed by atoms with van der Waals surface area (Å²) in [5, 5.41) is 4.80. The molecule has 0 aliphatic carbocycles. The molecule has 388 valence electrons. The van der Waals surface area contributed by atoms with Crippen molar-refractivity contribution in [2.75, 3.05) is 0 Å². The second-order valence-corrected chi connectivity index (χ2v) is 27.7. The van der Waals surface area contributed by atoms with Crippen LogP contribution in [0.25, 0.3) is 29.7 Å². The number of hydrogen-bond donors (Lipinski definition) is 0. The van der Waals surface area contributed by atoms with Crippen LogP contribution in [-0.4, -0.2) is 9.59 Å². The normalized spacial score (nSPS) is 12.9. The van der Waals surface area contributed by atoms with Crippen molar-refractivity contribution in [3.8, 4) is 19.5 Å². The Morgan fingerprint density at radius 3 is 1.00 bits per heavy atom. The molecule has 2 unspecified atom stereocenters. The topological polar surface area (TPSA) is 25.8 Å². The lowest BCUT2D eigenvalue weighted by molar-refractivity contribution is 0.400. The van der Waals surface area contributed by atoms with Crippen molar-refractivity contribution in [1.29, 1.82) is 0 Å². The Bertz CT molecular complexity index is 1660. The van der Waals surface area contributed by atoms with Crippen molar-refractivity contribution in [2.24, 2.45) is 11.8 Å². The van der Waals surface area contributed by atoms with Gasteiger partial charge in [0.25, 0.3) is 0 Å². The van der Waals surface area contributed by atoms with Crippen molar-refractivity contribution in [2.45, 2.75) is 297 Å². The third kappa shape index (κ3) is 24.7. The van der Waals surface area contributed by atoms with Crippen LogP contribution < -0.4 is 0 Å². The largest absolute Gasteiger partial charge is 0.136 e. The van der Waals surface area contributed by atoms with E-state index in [4.69, 9.17) is 5.10 Å². The van der Waals surface area contributed by atoms with Crippen LogP contribution in [-0.2, 0) is 12.8 Å². The number of aromatic nitrogens is 2. The molecule has 0 fully saturated rings. The van der Waals surface area contributed by atoms with Gasteiger partial charge in [0, 0.05) is 9.75 Å². The maximum Gasteiger partial charge on any atom is 0.126 e. The van der Waals surface area contributed by atoms with Crippen molar-refractivity contribution < 1.29 is 0 Å². The van der Waals surface area contributed by atoms with E-state index in [1.165, 1.54) is 313 Å². The molecule has 0 N–H and O–H groups in total. The molecule has 0 amide bonds. The van der Waals surface area contributed by atoms with Crippen LogP contribution in [0.15, 0.2) is 19.7 Å². The Balaban J connectivity index is 1.39. The van der Waals surface area contributed by atoms with Gasteiger partial charge in [0.1, 0.15) is 5.52 Å². The monoisotopic (exact) mass is 1130 g/mol. The Morgan fingerprint density at radius 2 is 0.676 bits per heavy atom. The maximum atomic E-state index is 4.80. The fourth-order valence-electron chi connectivity index (χ4n) is 10.6. The van der Waals surface area contributed by atoms with Crippen molar-refractivity contribution in [3.63, 3.8) is 0 Å². The Kier molecular flexibility index (Phi) is 35.0. The molecule has 4 aromatic rings. The van der Waals surface area contributed by atoms with Gasteiger partial charge in [-0.2, -0.15) is 0 Å². The molecule has 0 aromatic carbocycles. The molecular weight excluding hydrogens is 1040 g/mol. The fraction of sp³-hybridized carbons (Fsp3) is 0.800. The molecule has 0 aliphatic heterocycles. The van der Waals surface area contributed by atoms with Gasteiger partial charge < -0.3 is 0 Å². The minimum Gasteiger partial charge on any atom is -0.136 e. The molecule has 0 aliphatic rings. The van der Waals surface area contributed by atoms with Gasteiger partial charge in [-0.25, -0.2) is 0 Å². The summed E-state index contributed by atoms with van der Waals surface area (Å²) >= 11 is 15.7. The van der Waals surface area contributed by atoms with E-state index >= 15 is 0 Å². The van der Waals surface area contributed by atoms with Gasteiger partial charge in [-0.1, -0.05) is 289 Å². The van der Waals surface area contributed by atoms with Crippen molar-refractivity contribution in [3.05, 3.63) is 30.8 Å². The lowest BCUT2D eigenvalue weighted by atomic mass is 9.89. The fourth-order valence-corrected chi connectivity index (χ4v) is 16.4. The highest BCUT2D eigenvalue weighted by Crippen LogP contribution is 2.51. The summed E-state index contributed by atoms with van der Waals surface area (Å²) in [6, 6.07) is 5.07. The lowest BCUT2D eigenvalue weighted by Crippen LogP contribution is -2.05. The summed E-state index contributed by atoms with van der Waals surface area (Å²) in [5.41, 5.74) is 4.14. The zero-order valence-electron chi connectivity index (χ0n) is 44.3. The van der Waals surface area contributed by atoms with E-state index in [0.29, 0.717) is 0 Å². The molecule has 0 radical (unpaired) electrons. The third-order valence-corrected chi connectivity index (χ3v) is 21.3. The molecule has 4 aromatic heterocycles. The highest BCUT2D eigenvalue weighted by Gasteiger charge is 2.24. The average Bonchev–Trinajstić information content (AvgIpc) is 4.13. The summed E-state index contributed by atoms with van der Waals surface area (Å²) in [6.45, 7) is 9.29. The average molecular weight is 1140 g/mol. The third-order valence-electron chi connectivity index (χ3n) is 15.0. The number of unbranched alkanes of at least 4 members (excludes halogenated alkanes) is 32. The Morgan fingerprint density at radius 1 is 0.382 bits per heavy atom. The second-order valence-electron chi connectivity index (χ2n) is 21.1. The summed E-state index contributed by atoms with van der Waals surface area (Å²) in [6.07, 6.45) is 58.7. The summed E-state index contributed by atoms with van der Waals surface area (Å²) in [4.78, 5) is 5.44. The smallest absolute Gasteiger partial charge is 0.126 e. The van der Waals surface area contributed by atoms with Crippen LogP contribution >= 0.6 is 77.4 Å². The first kappa shape index (κ1) is 60.4. The molecule has 2 nitrogen and oxygen atoms in total. The predicted octanol–water partition coefficient (Wildman–Crippen LogP) is 24.7. The van der Waals surface area contributed by atoms with Crippen LogP contribution in [0.2, 0.25) is 0 Å². The zero-order chi connectivity index (χ0) is 48.3. The first-order chi connectivity index (χ1) is 33.5. The Labute approximate surface area is 453 Å². The second kappa shape index (κ2) is 39.4. The molecule has 0 spiro atoms. The summed E-state index contributed by atoms with van der Waals surface area (Å²) < 4.78 is 8.50. The molecular formula is C60H100Br2N2S4. The molecule has 8 heteroatoms. The van der Waals surface area contributed by atoms with E-state index < -0.39 is 0 Å². The van der Waals surface area contributed by atoms with E-state index in [1.54, 1.807) is 11.5 Å². The standard InChI is InChI=1S/C60H100Br2N2S4/c1-5-9-13-17-21-25-27-31-35-39-42-49(41-37-33-29-23-19-15-11-7-3)45-51-47-53(65-59(51)61)56-55-58(68-64-63-55)57(67-56)54-48-52(60(62)66-54)46-50(43-38-34-30-24-20-16-12-8-4)44-40-36-32-28-26-22-18-14-10-6-2/h47-50H,5-46H2,1-4H3. The molecule has 68 heavy (non-hydrogen) atoms. The van der Waals surface area contributed by atoms with Gasteiger partial charge in [-0.05, 0) is 91.3 Å². The van der Waals surface area contributed by atoms with Crippen molar-refractivity contribution >= 4 is 87.6 Å². The van der Waals surface area contributed by atoms with Crippen LogP contribution in [0.1, 0.15) is 296 Å². The highest BCUT2D eigenvalue weighted by molar-refractivity contribution is 9.11. The van der Waals surface area contributed by atoms with Crippen LogP contribution in [0.3, 0.4) is 0 Å². The van der Waals surface area contributed by atoms with E-state index in [-0.39, 0.29) is 0 Å².